The Kier molecular flexibility index (Phi) is 4.92. The number of amides is 1. The number of hydrogen-bond acceptors (Lipinski definition) is 3. The van der Waals surface area contributed by atoms with Crippen molar-refractivity contribution in [1.82, 2.24) is 9.78 Å². The van der Waals surface area contributed by atoms with Crippen molar-refractivity contribution < 1.29 is 18.0 Å². The molecule has 1 aromatic heterocycles. The van der Waals surface area contributed by atoms with Crippen molar-refractivity contribution in [3.05, 3.63) is 70.8 Å². The molecule has 5 nitrogen and oxygen atoms in total. The molecular weight excluding hydrogens is 405 g/mol. The molecule has 31 heavy (non-hydrogen) atoms. The Hall–Kier alpha value is -3.29. The van der Waals surface area contributed by atoms with Crippen LogP contribution in [0.25, 0.3) is 5.69 Å². The molecule has 0 bridgehead atoms. The van der Waals surface area contributed by atoms with E-state index < -0.39 is 23.4 Å². The lowest BCUT2D eigenvalue weighted by Gasteiger charge is -2.19. The summed E-state index contributed by atoms with van der Waals surface area (Å²) >= 11 is 0. The van der Waals surface area contributed by atoms with E-state index in [1.54, 1.807) is 23.1 Å². The van der Waals surface area contributed by atoms with Crippen LogP contribution in [0.3, 0.4) is 0 Å². The second-order valence-corrected chi connectivity index (χ2v) is 7.93. The summed E-state index contributed by atoms with van der Waals surface area (Å²) in [4.78, 5) is 14.6. The minimum absolute atomic E-state index is 0.0233. The van der Waals surface area contributed by atoms with Gasteiger partial charge in [0.25, 0.3) is 5.91 Å². The predicted molar refractivity (Wildman–Crippen MR) is 111 cm³/mol. The fourth-order valence-corrected chi connectivity index (χ4v) is 4.51. The standard InChI is InChI=1S/C23H21F3N4O/c24-16-7-1-2-8-20(16)30-19-9-5-6-15(19)21(28-30)23(31)27-14-12-17(25)22(18(26)13-14)29-10-3-4-11-29/h1-2,7-8,12-13H,3-6,9-11H2,(H,27,31). The van der Waals surface area contributed by atoms with Crippen molar-refractivity contribution in [1.29, 1.82) is 0 Å². The van der Waals surface area contributed by atoms with Gasteiger partial charge in [0.1, 0.15) is 17.2 Å². The molecule has 1 N–H and O–H groups in total. The van der Waals surface area contributed by atoms with Gasteiger partial charge in [-0.15, -0.1) is 0 Å². The molecule has 2 aliphatic rings. The van der Waals surface area contributed by atoms with E-state index in [1.807, 2.05) is 0 Å². The third-order valence-corrected chi connectivity index (χ3v) is 5.92. The van der Waals surface area contributed by atoms with Gasteiger partial charge in [0, 0.05) is 30.0 Å². The number of halogens is 3. The van der Waals surface area contributed by atoms with Gasteiger partial charge in [-0.2, -0.15) is 5.10 Å². The molecule has 3 aromatic rings. The van der Waals surface area contributed by atoms with Crippen LogP contribution < -0.4 is 10.2 Å². The number of para-hydroxylation sites is 1. The predicted octanol–water partition coefficient (Wildman–Crippen LogP) is 4.63. The summed E-state index contributed by atoms with van der Waals surface area (Å²) < 4.78 is 45.0. The maximum atomic E-state index is 14.6. The SMILES string of the molecule is O=C(Nc1cc(F)c(N2CCCC2)c(F)c1)c1nn(-c2ccccc2F)c2c1CCC2. The molecule has 1 aliphatic heterocycles. The summed E-state index contributed by atoms with van der Waals surface area (Å²) in [5.74, 6) is -2.42. The van der Waals surface area contributed by atoms with Crippen LogP contribution in [0.2, 0.25) is 0 Å². The largest absolute Gasteiger partial charge is 0.367 e. The van der Waals surface area contributed by atoms with Gasteiger partial charge in [0.05, 0.1) is 0 Å². The summed E-state index contributed by atoms with van der Waals surface area (Å²) in [6.45, 7) is 1.22. The lowest BCUT2D eigenvalue weighted by molar-refractivity contribution is 0.102. The topological polar surface area (TPSA) is 50.2 Å². The van der Waals surface area contributed by atoms with Crippen LogP contribution in [0.5, 0.6) is 0 Å². The number of benzene rings is 2. The highest BCUT2D eigenvalue weighted by molar-refractivity contribution is 6.04. The first kappa shape index (κ1) is 19.7. The summed E-state index contributed by atoms with van der Waals surface area (Å²) in [7, 11) is 0. The maximum Gasteiger partial charge on any atom is 0.276 e. The van der Waals surface area contributed by atoms with E-state index >= 15 is 0 Å². The van der Waals surface area contributed by atoms with E-state index in [0.29, 0.717) is 25.9 Å². The first-order chi connectivity index (χ1) is 15.0. The second kappa shape index (κ2) is 7.76. The zero-order valence-electron chi connectivity index (χ0n) is 16.8. The van der Waals surface area contributed by atoms with Gasteiger partial charge >= 0.3 is 0 Å². The number of aromatic nitrogens is 2. The van der Waals surface area contributed by atoms with Crippen molar-refractivity contribution in [2.75, 3.05) is 23.3 Å². The molecule has 8 heteroatoms. The molecule has 160 valence electrons. The molecule has 1 aliphatic carbocycles. The number of anilines is 2. The van der Waals surface area contributed by atoms with Crippen LogP contribution in [0, 0.1) is 17.5 Å². The van der Waals surface area contributed by atoms with Gasteiger partial charge in [-0.1, -0.05) is 12.1 Å². The minimum Gasteiger partial charge on any atom is -0.367 e. The zero-order chi connectivity index (χ0) is 21.5. The van der Waals surface area contributed by atoms with Gasteiger partial charge in [-0.05, 0) is 56.4 Å². The molecular formula is C23H21F3N4O. The van der Waals surface area contributed by atoms with Crippen LogP contribution in [-0.2, 0) is 12.8 Å². The van der Waals surface area contributed by atoms with Crippen molar-refractivity contribution in [3.63, 3.8) is 0 Å². The Morgan fingerprint density at radius 2 is 1.65 bits per heavy atom. The van der Waals surface area contributed by atoms with Crippen LogP contribution in [0.15, 0.2) is 36.4 Å². The van der Waals surface area contributed by atoms with E-state index in [9.17, 15) is 18.0 Å². The zero-order valence-corrected chi connectivity index (χ0v) is 16.8. The number of nitrogens with zero attached hydrogens (tertiary/aromatic N) is 3. The van der Waals surface area contributed by atoms with Crippen molar-refractivity contribution in [3.8, 4) is 5.69 Å². The number of carbonyl (C=O) groups is 1. The number of carbonyl (C=O) groups excluding carboxylic acids is 1. The number of fused-ring (bicyclic) bond motifs is 1. The molecule has 1 fully saturated rings. The molecule has 0 spiro atoms. The van der Waals surface area contributed by atoms with Crippen LogP contribution in [0.1, 0.15) is 41.0 Å². The van der Waals surface area contributed by atoms with E-state index in [1.165, 1.54) is 10.7 Å². The Labute approximate surface area is 177 Å². The molecule has 1 saturated heterocycles. The van der Waals surface area contributed by atoms with Crippen molar-refractivity contribution in [2.45, 2.75) is 32.1 Å². The van der Waals surface area contributed by atoms with Gasteiger partial charge in [0.15, 0.2) is 17.3 Å². The van der Waals surface area contributed by atoms with E-state index in [-0.39, 0.29) is 22.8 Å². The lowest BCUT2D eigenvalue weighted by atomic mass is 10.2. The normalized spacial score (nSPS) is 15.4. The quantitative estimate of drug-likeness (QED) is 0.662. The average molecular weight is 426 g/mol. The van der Waals surface area contributed by atoms with E-state index in [4.69, 9.17) is 0 Å². The summed E-state index contributed by atoms with van der Waals surface area (Å²) in [5, 5.41) is 6.91. The molecule has 5 rings (SSSR count). The summed E-state index contributed by atoms with van der Waals surface area (Å²) in [6, 6.07) is 8.49. The Morgan fingerprint density at radius 3 is 2.35 bits per heavy atom. The Balaban J connectivity index is 1.45. The van der Waals surface area contributed by atoms with Crippen molar-refractivity contribution >= 4 is 17.3 Å². The first-order valence-corrected chi connectivity index (χ1v) is 10.4. The second-order valence-electron chi connectivity index (χ2n) is 7.93. The van der Waals surface area contributed by atoms with Gasteiger partial charge < -0.3 is 10.2 Å². The maximum absolute atomic E-state index is 14.6. The Morgan fingerprint density at radius 1 is 0.935 bits per heavy atom. The summed E-state index contributed by atoms with van der Waals surface area (Å²) in [5.41, 5.74) is 1.93. The van der Waals surface area contributed by atoms with E-state index in [0.717, 1.165) is 42.7 Å². The van der Waals surface area contributed by atoms with E-state index in [2.05, 4.69) is 10.4 Å². The fourth-order valence-electron chi connectivity index (χ4n) is 4.51. The molecule has 2 heterocycles. The molecule has 2 aromatic carbocycles. The number of nitrogens with one attached hydrogen (secondary N) is 1. The lowest BCUT2D eigenvalue weighted by Crippen LogP contribution is -2.21. The highest BCUT2D eigenvalue weighted by atomic mass is 19.1. The Bertz CT molecular complexity index is 1140. The van der Waals surface area contributed by atoms with Gasteiger partial charge in [-0.25, -0.2) is 17.9 Å². The highest BCUT2D eigenvalue weighted by Gasteiger charge is 2.28. The van der Waals surface area contributed by atoms with Gasteiger partial charge in [0.2, 0.25) is 0 Å². The van der Waals surface area contributed by atoms with Crippen LogP contribution >= 0.6 is 0 Å². The molecule has 0 atom stereocenters. The van der Waals surface area contributed by atoms with Crippen LogP contribution in [-0.4, -0.2) is 28.8 Å². The highest BCUT2D eigenvalue weighted by Crippen LogP contribution is 2.31. The fraction of sp³-hybridized carbons (Fsp3) is 0.304. The first-order valence-electron chi connectivity index (χ1n) is 10.4. The monoisotopic (exact) mass is 426 g/mol. The molecule has 0 saturated carbocycles. The summed E-state index contributed by atoms with van der Waals surface area (Å²) in [6.07, 6.45) is 3.94. The molecule has 0 radical (unpaired) electrons. The van der Waals surface area contributed by atoms with Gasteiger partial charge in [-0.3, -0.25) is 4.79 Å². The number of hydrogen-bond donors (Lipinski definition) is 1. The average Bonchev–Trinajstić information content (AvgIpc) is 3.46. The minimum atomic E-state index is -0.709. The smallest absolute Gasteiger partial charge is 0.276 e. The third kappa shape index (κ3) is 3.45. The van der Waals surface area contributed by atoms with Crippen LogP contribution in [0.4, 0.5) is 24.5 Å². The van der Waals surface area contributed by atoms with Crippen molar-refractivity contribution in [2.24, 2.45) is 0 Å². The molecule has 0 unspecified atom stereocenters. The number of rotatable bonds is 4. The molecule has 1 amide bonds. The third-order valence-electron chi connectivity index (χ3n) is 5.92.